The highest BCUT2D eigenvalue weighted by Crippen LogP contribution is 2.10. The van der Waals surface area contributed by atoms with Gasteiger partial charge < -0.3 is 4.90 Å². The smallest absolute Gasteiger partial charge is 0.225 e. The zero-order valence-corrected chi connectivity index (χ0v) is 7.15. The molecule has 0 radical (unpaired) electrons. The van der Waals surface area contributed by atoms with Crippen molar-refractivity contribution < 1.29 is 4.39 Å². The van der Waals surface area contributed by atoms with Gasteiger partial charge in [0.25, 0.3) is 0 Å². The average Bonchev–Trinajstić information content (AvgIpc) is 2.20. The molecule has 1 aliphatic heterocycles. The Bertz CT molecular complexity index is 307. The average molecular weight is 179 g/mol. The molecule has 3 nitrogen and oxygen atoms in total. The number of rotatable bonds is 1. The number of nitrogens with zero attached hydrogens (tertiary/aromatic N) is 3. The van der Waals surface area contributed by atoms with Crippen LogP contribution in [0.25, 0.3) is 0 Å². The van der Waals surface area contributed by atoms with Gasteiger partial charge in [0.15, 0.2) is 5.82 Å². The summed E-state index contributed by atoms with van der Waals surface area (Å²) in [7, 11) is 0. The van der Waals surface area contributed by atoms with Crippen LogP contribution in [0.2, 0.25) is 0 Å². The van der Waals surface area contributed by atoms with Gasteiger partial charge in [0, 0.05) is 13.1 Å². The van der Waals surface area contributed by atoms with Crippen LogP contribution in [-0.2, 0) is 0 Å². The van der Waals surface area contributed by atoms with Gasteiger partial charge >= 0.3 is 0 Å². The van der Waals surface area contributed by atoms with E-state index in [1.165, 1.54) is 12.4 Å². The maximum Gasteiger partial charge on any atom is 0.225 e. The SMILES string of the molecule is Fc1cnc(N2CC=CCC2)nc1. The molecule has 0 saturated carbocycles. The highest BCUT2D eigenvalue weighted by molar-refractivity contribution is 5.31. The predicted octanol–water partition coefficient (Wildman–Crippen LogP) is 1.38. The van der Waals surface area contributed by atoms with Crippen LogP contribution >= 0.6 is 0 Å². The Morgan fingerprint density at radius 1 is 1.23 bits per heavy atom. The lowest BCUT2D eigenvalue weighted by Crippen LogP contribution is -2.28. The molecule has 2 heterocycles. The Hall–Kier alpha value is -1.45. The Morgan fingerprint density at radius 3 is 2.62 bits per heavy atom. The molecule has 0 aromatic carbocycles. The quantitative estimate of drug-likeness (QED) is 0.610. The Balaban J connectivity index is 2.15. The highest BCUT2D eigenvalue weighted by Gasteiger charge is 2.09. The monoisotopic (exact) mass is 179 g/mol. The molecule has 0 spiro atoms. The molecule has 0 N–H and O–H groups in total. The van der Waals surface area contributed by atoms with Crippen LogP contribution in [0.1, 0.15) is 6.42 Å². The molecule has 1 aliphatic rings. The summed E-state index contributed by atoms with van der Waals surface area (Å²) in [5.41, 5.74) is 0. The number of hydrogen-bond donors (Lipinski definition) is 0. The van der Waals surface area contributed by atoms with Crippen molar-refractivity contribution >= 4 is 5.95 Å². The first kappa shape index (κ1) is 8.16. The Labute approximate surface area is 75.9 Å². The number of hydrogen-bond acceptors (Lipinski definition) is 3. The summed E-state index contributed by atoms with van der Waals surface area (Å²) >= 11 is 0. The summed E-state index contributed by atoms with van der Waals surface area (Å²) in [5, 5.41) is 0. The van der Waals surface area contributed by atoms with Gasteiger partial charge in [0.2, 0.25) is 5.95 Å². The summed E-state index contributed by atoms with van der Waals surface area (Å²) in [6.45, 7) is 1.72. The normalized spacial score (nSPS) is 16.2. The van der Waals surface area contributed by atoms with E-state index in [2.05, 4.69) is 22.1 Å². The minimum atomic E-state index is -0.392. The minimum Gasteiger partial charge on any atom is -0.337 e. The van der Waals surface area contributed by atoms with Crippen molar-refractivity contribution in [1.82, 2.24) is 9.97 Å². The van der Waals surface area contributed by atoms with Gasteiger partial charge in [-0.15, -0.1) is 0 Å². The van der Waals surface area contributed by atoms with Gasteiger partial charge in [-0.25, -0.2) is 14.4 Å². The van der Waals surface area contributed by atoms with Gasteiger partial charge in [-0.3, -0.25) is 0 Å². The van der Waals surface area contributed by atoms with Crippen LogP contribution in [0, 0.1) is 5.82 Å². The van der Waals surface area contributed by atoms with Crippen LogP contribution in [0.4, 0.5) is 10.3 Å². The second kappa shape index (κ2) is 3.51. The standard InChI is InChI=1S/C9H10FN3/c10-8-6-11-9(12-7-8)13-4-2-1-3-5-13/h1-2,6-7H,3-5H2. The van der Waals surface area contributed by atoms with Crippen molar-refractivity contribution in [1.29, 1.82) is 0 Å². The molecule has 0 saturated heterocycles. The molecule has 0 aliphatic carbocycles. The second-order valence-electron chi connectivity index (χ2n) is 2.91. The van der Waals surface area contributed by atoms with Gasteiger partial charge in [-0.05, 0) is 6.42 Å². The van der Waals surface area contributed by atoms with Crippen molar-refractivity contribution in [2.45, 2.75) is 6.42 Å². The molecular weight excluding hydrogens is 169 g/mol. The van der Waals surface area contributed by atoms with Crippen LogP contribution in [0.3, 0.4) is 0 Å². The first-order chi connectivity index (χ1) is 6.36. The zero-order chi connectivity index (χ0) is 9.10. The zero-order valence-electron chi connectivity index (χ0n) is 7.15. The second-order valence-corrected chi connectivity index (χ2v) is 2.91. The van der Waals surface area contributed by atoms with E-state index in [-0.39, 0.29) is 0 Å². The fourth-order valence-corrected chi connectivity index (χ4v) is 1.29. The molecule has 13 heavy (non-hydrogen) atoms. The number of halogens is 1. The largest absolute Gasteiger partial charge is 0.337 e. The summed E-state index contributed by atoms with van der Waals surface area (Å²) in [5.74, 6) is 0.210. The van der Waals surface area contributed by atoms with Crippen molar-refractivity contribution in [2.75, 3.05) is 18.0 Å². The van der Waals surface area contributed by atoms with Gasteiger partial charge in [-0.1, -0.05) is 12.2 Å². The fraction of sp³-hybridized carbons (Fsp3) is 0.333. The molecule has 2 rings (SSSR count). The molecule has 1 aromatic rings. The van der Waals surface area contributed by atoms with E-state index < -0.39 is 5.82 Å². The van der Waals surface area contributed by atoms with Crippen molar-refractivity contribution in [3.05, 3.63) is 30.4 Å². The van der Waals surface area contributed by atoms with Crippen LogP contribution in [0.5, 0.6) is 0 Å². The maximum absolute atomic E-state index is 12.5. The third-order valence-corrected chi connectivity index (χ3v) is 1.95. The number of anilines is 1. The van der Waals surface area contributed by atoms with Crippen molar-refractivity contribution in [2.24, 2.45) is 0 Å². The summed E-state index contributed by atoms with van der Waals surface area (Å²) in [6, 6.07) is 0. The van der Waals surface area contributed by atoms with E-state index in [1.807, 2.05) is 4.90 Å². The minimum absolute atomic E-state index is 0.392. The van der Waals surface area contributed by atoms with Gasteiger partial charge in [-0.2, -0.15) is 0 Å². The first-order valence-corrected chi connectivity index (χ1v) is 4.24. The van der Waals surface area contributed by atoms with Crippen molar-refractivity contribution in [3.8, 4) is 0 Å². The lowest BCUT2D eigenvalue weighted by Gasteiger charge is -2.22. The topological polar surface area (TPSA) is 29.0 Å². The van der Waals surface area contributed by atoms with E-state index in [9.17, 15) is 4.39 Å². The lowest BCUT2D eigenvalue weighted by atomic mass is 10.3. The predicted molar refractivity (Wildman–Crippen MR) is 48.0 cm³/mol. The van der Waals surface area contributed by atoms with Crippen molar-refractivity contribution in [3.63, 3.8) is 0 Å². The molecule has 0 atom stereocenters. The first-order valence-electron chi connectivity index (χ1n) is 4.24. The molecule has 0 unspecified atom stereocenters. The van der Waals surface area contributed by atoms with E-state index >= 15 is 0 Å². The molecule has 0 bridgehead atoms. The molecule has 68 valence electrons. The van der Waals surface area contributed by atoms with E-state index in [1.54, 1.807) is 0 Å². The molecule has 0 amide bonds. The number of aromatic nitrogens is 2. The van der Waals surface area contributed by atoms with E-state index in [0.29, 0.717) is 5.95 Å². The van der Waals surface area contributed by atoms with E-state index in [4.69, 9.17) is 0 Å². The summed E-state index contributed by atoms with van der Waals surface area (Å²) < 4.78 is 12.5. The summed E-state index contributed by atoms with van der Waals surface area (Å²) in [6.07, 6.45) is 7.58. The van der Waals surface area contributed by atoms with E-state index in [0.717, 1.165) is 19.5 Å². The summed E-state index contributed by atoms with van der Waals surface area (Å²) in [4.78, 5) is 9.83. The third-order valence-electron chi connectivity index (χ3n) is 1.95. The molecule has 0 fully saturated rings. The van der Waals surface area contributed by atoms with Crippen LogP contribution in [-0.4, -0.2) is 23.1 Å². The maximum atomic E-state index is 12.5. The Morgan fingerprint density at radius 2 is 2.00 bits per heavy atom. The van der Waals surface area contributed by atoms with Gasteiger partial charge in [0.05, 0.1) is 12.4 Å². The van der Waals surface area contributed by atoms with Gasteiger partial charge in [0.1, 0.15) is 0 Å². The van der Waals surface area contributed by atoms with Crippen LogP contribution < -0.4 is 4.90 Å². The lowest BCUT2D eigenvalue weighted by molar-refractivity contribution is 0.611. The fourth-order valence-electron chi connectivity index (χ4n) is 1.29. The third kappa shape index (κ3) is 1.83. The molecule has 1 aromatic heterocycles. The molecule has 4 heteroatoms. The van der Waals surface area contributed by atoms with Crippen LogP contribution in [0.15, 0.2) is 24.5 Å². The Kier molecular flexibility index (Phi) is 2.21. The molecular formula is C9H10FN3. The highest BCUT2D eigenvalue weighted by atomic mass is 19.1.